The Hall–Kier alpha value is -2.02. The van der Waals surface area contributed by atoms with Crippen LogP contribution in [0.4, 0.5) is 0 Å². The third kappa shape index (κ3) is 290. The highest BCUT2D eigenvalue weighted by molar-refractivity contribution is 5.26. The van der Waals surface area contributed by atoms with Gasteiger partial charge in [-0.3, -0.25) is 0 Å². The highest BCUT2D eigenvalue weighted by Gasteiger charge is 1.57. The van der Waals surface area contributed by atoms with Crippen molar-refractivity contribution in [2.75, 3.05) is 0 Å². The molecule has 21 heavy (non-hydrogen) atoms. The molecule has 0 fully saturated rings. The monoisotopic (exact) mass is 296 g/mol. The third-order valence-corrected chi connectivity index (χ3v) is 0.667. The van der Waals surface area contributed by atoms with E-state index in [2.05, 4.69) is 41.5 Å². The maximum atomic E-state index is 8.35. The summed E-state index contributed by atoms with van der Waals surface area (Å²) >= 11 is 0. The molecule has 0 heterocycles. The van der Waals surface area contributed by atoms with Crippen LogP contribution in [0.3, 0.4) is 0 Å². The van der Waals surface area contributed by atoms with E-state index in [1.54, 1.807) is 0 Å². The van der Waals surface area contributed by atoms with E-state index in [1.165, 1.54) is 19.3 Å². The van der Waals surface area contributed by atoms with Crippen molar-refractivity contribution >= 4 is 12.2 Å². The van der Waals surface area contributed by atoms with E-state index in [0.717, 1.165) is 12.2 Å². The summed E-state index contributed by atoms with van der Waals surface area (Å²) < 4.78 is 0. The van der Waals surface area contributed by atoms with Gasteiger partial charge >= 0.3 is 0 Å². The second-order valence-electron chi connectivity index (χ2n) is 3.48. The largest absolute Gasteiger partial charge is 0.231 e. The van der Waals surface area contributed by atoms with Crippen molar-refractivity contribution in [3.63, 3.8) is 0 Å². The fraction of sp³-hybridized carbons (Fsp3) is 0.529. The average molecular weight is 296 g/mol. The summed E-state index contributed by atoms with van der Waals surface area (Å²) in [7, 11) is 0. The SMILES string of the molecule is CCC.CCC.CCC.N=C=O.N=C=O.c1ccccc1. The molecule has 1 aromatic carbocycles. The lowest BCUT2D eigenvalue weighted by Gasteiger charge is -1.69. The lowest BCUT2D eigenvalue weighted by molar-refractivity contribution is 0.562. The Labute approximate surface area is 130 Å². The summed E-state index contributed by atoms with van der Waals surface area (Å²) in [6.45, 7) is 12.8. The van der Waals surface area contributed by atoms with Gasteiger partial charge in [-0.1, -0.05) is 97.2 Å². The molecule has 4 heteroatoms. The summed E-state index contributed by atoms with van der Waals surface area (Å²) in [6.07, 6.45) is 5.25. The van der Waals surface area contributed by atoms with E-state index < -0.39 is 0 Å². The molecule has 0 saturated heterocycles. The van der Waals surface area contributed by atoms with E-state index in [1.807, 2.05) is 36.4 Å². The lowest BCUT2D eigenvalue weighted by Crippen LogP contribution is -1.47. The number of carbonyl (C=O) groups excluding carboxylic acids is 2. The zero-order chi connectivity index (χ0) is 17.8. The Balaban J connectivity index is -0.0000000510. The molecule has 1 aromatic rings. The summed E-state index contributed by atoms with van der Waals surface area (Å²) in [6, 6.07) is 12.0. The van der Waals surface area contributed by atoms with Crippen LogP contribution in [0.2, 0.25) is 0 Å². The molecular formula is C17H32N2O2. The first-order chi connectivity index (χ1) is 10.1. The minimum atomic E-state index is 0.750. The van der Waals surface area contributed by atoms with E-state index in [4.69, 9.17) is 20.4 Å². The molecule has 122 valence electrons. The van der Waals surface area contributed by atoms with Crippen LogP contribution in [-0.4, -0.2) is 12.2 Å². The molecule has 0 bridgehead atoms. The topological polar surface area (TPSA) is 81.8 Å². The van der Waals surface area contributed by atoms with Gasteiger partial charge in [-0.15, -0.1) is 0 Å². The highest BCUT2D eigenvalue weighted by atomic mass is 16.1. The Bertz CT molecular complexity index is 233. The van der Waals surface area contributed by atoms with Gasteiger partial charge in [-0.2, -0.15) is 0 Å². The van der Waals surface area contributed by atoms with E-state index in [0.29, 0.717) is 0 Å². The molecule has 0 aliphatic carbocycles. The van der Waals surface area contributed by atoms with Crippen molar-refractivity contribution in [3.8, 4) is 0 Å². The van der Waals surface area contributed by atoms with Crippen LogP contribution < -0.4 is 0 Å². The van der Waals surface area contributed by atoms with Gasteiger partial charge in [0.25, 0.3) is 0 Å². The van der Waals surface area contributed by atoms with Crippen LogP contribution in [0.1, 0.15) is 60.8 Å². The Kier molecular flexibility index (Phi) is 96.1. The van der Waals surface area contributed by atoms with Gasteiger partial charge in [0, 0.05) is 0 Å². The van der Waals surface area contributed by atoms with Crippen molar-refractivity contribution in [2.45, 2.75) is 60.8 Å². The molecule has 0 atom stereocenters. The Morgan fingerprint density at radius 2 is 0.619 bits per heavy atom. The summed E-state index contributed by atoms with van der Waals surface area (Å²) in [4.78, 5) is 16.7. The maximum Gasteiger partial charge on any atom is 0.231 e. The molecule has 4 nitrogen and oxygen atoms in total. The predicted octanol–water partition coefficient (Wildman–Crippen LogP) is 5.74. The minimum absolute atomic E-state index is 0.750. The number of isocyanates is 2. The van der Waals surface area contributed by atoms with Crippen molar-refractivity contribution < 1.29 is 9.59 Å². The van der Waals surface area contributed by atoms with Gasteiger partial charge in [-0.25, -0.2) is 20.4 Å². The molecule has 2 N–H and O–H groups in total. The molecule has 0 aromatic heterocycles. The number of hydrogen-bond donors (Lipinski definition) is 2. The van der Waals surface area contributed by atoms with Crippen LogP contribution in [-0.2, 0) is 9.59 Å². The maximum absolute atomic E-state index is 8.35. The first kappa shape index (κ1) is 31.4. The molecule has 0 radical (unpaired) electrons. The minimum Gasteiger partial charge on any atom is -0.222 e. The zero-order valence-electron chi connectivity index (χ0n) is 14.4. The Morgan fingerprint density at radius 1 is 0.571 bits per heavy atom. The van der Waals surface area contributed by atoms with Crippen molar-refractivity contribution in [3.05, 3.63) is 36.4 Å². The van der Waals surface area contributed by atoms with Gasteiger partial charge in [0.2, 0.25) is 12.2 Å². The quantitative estimate of drug-likeness (QED) is 0.473. The van der Waals surface area contributed by atoms with Gasteiger partial charge < -0.3 is 0 Å². The first-order valence-corrected chi connectivity index (χ1v) is 7.15. The van der Waals surface area contributed by atoms with E-state index in [-0.39, 0.29) is 0 Å². The zero-order valence-corrected chi connectivity index (χ0v) is 14.4. The summed E-state index contributed by atoms with van der Waals surface area (Å²) in [5.41, 5.74) is 0. The van der Waals surface area contributed by atoms with Crippen LogP contribution in [0.25, 0.3) is 0 Å². The Morgan fingerprint density at radius 3 is 0.667 bits per heavy atom. The molecular weight excluding hydrogens is 264 g/mol. The molecule has 0 saturated carbocycles. The number of benzene rings is 1. The standard InChI is InChI=1S/C6H6.3C3H8.2CHNO/c1-2-4-6-5-3-1;3*1-3-2;2*2-1-3/h1-6H;3*3H2,1-2H3;2*2H. The smallest absolute Gasteiger partial charge is 0.222 e. The molecule has 0 spiro atoms. The number of rotatable bonds is 0. The fourth-order valence-corrected chi connectivity index (χ4v) is 0.385. The van der Waals surface area contributed by atoms with Crippen molar-refractivity contribution in [2.24, 2.45) is 0 Å². The van der Waals surface area contributed by atoms with Gasteiger partial charge in [0.15, 0.2) is 0 Å². The summed E-state index contributed by atoms with van der Waals surface area (Å²) in [5.74, 6) is 0. The number of hydrogen-bond acceptors (Lipinski definition) is 4. The van der Waals surface area contributed by atoms with Gasteiger partial charge in [0.05, 0.1) is 0 Å². The molecule has 0 aliphatic rings. The third-order valence-electron chi connectivity index (χ3n) is 0.667. The van der Waals surface area contributed by atoms with E-state index >= 15 is 0 Å². The van der Waals surface area contributed by atoms with Gasteiger partial charge in [-0.05, 0) is 0 Å². The highest BCUT2D eigenvalue weighted by Crippen LogP contribution is 1.79. The van der Waals surface area contributed by atoms with Crippen molar-refractivity contribution in [1.82, 2.24) is 0 Å². The molecule has 0 unspecified atom stereocenters. The predicted molar refractivity (Wildman–Crippen MR) is 91.2 cm³/mol. The van der Waals surface area contributed by atoms with Crippen LogP contribution in [0.5, 0.6) is 0 Å². The summed E-state index contributed by atoms with van der Waals surface area (Å²) in [5, 5.41) is 10.8. The molecule has 0 aliphatic heterocycles. The first-order valence-electron chi connectivity index (χ1n) is 7.15. The van der Waals surface area contributed by atoms with Crippen LogP contribution >= 0.6 is 0 Å². The van der Waals surface area contributed by atoms with Crippen LogP contribution in [0, 0.1) is 10.8 Å². The number of nitrogens with one attached hydrogen (secondary N) is 2. The normalized spacial score (nSPS) is 5.62. The molecule has 0 amide bonds. The molecule has 1 rings (SSSR count). The second-order valence-corrected chi connectivity index (χ2v) is 3.48. The van der Waals surface area contributed by atoms with Crippen LogP contribution in [0.15, 0.2) is 36.4 Å². The van der Waals surface area contributed by atoms with Gasteiger partial charge in [0.1, 0.15) is 0 Å². The fourth-order valence-electron chi connectivity index (χ4n) is 0.385. The lowest BCUT2D eigenvalue weighted by atomic mass is 10.4. The average Bonchev–Trinajstić information content (AvgIpc) is 2.45. The van der Waals surface area contributed by atoms with E-state index in [9.17, 15) is 0 Å². The second kappa shape index (κ2) is 64.3. The van der Waals surface area contributed by atoms with Crippen molar-refractivity contribution in [1.29, 1.82) is 10.8 Å².